The second kappa shape index (κ2) is 9.29. The molecule has 8 nitrogen and oxygen atoms in total. The number of rotatable bonds is 8. The van der Waals surface area contributed by atoms with Crippen LogP contribution in [0, 0.1) is 5.82 Å². The summed E-state index contributed by atoms with van der Waals surface area (Å²) in [6.45, 7) is 2.39. The third-order valence-electron chi connectivity index (χ3n) is 4.36. The van der Waals surface area contributed by atoms with Crippen LogP contribution in [0.3, 0.4) is 0 Å². The van der Waals surface area contributed by atoms with Crippen molar-refractivity contribution in [3.8, 4) is 22.9 Å². The Labute approximate surface area is 178 Å². The van der Waals surface area contributed by atoms with Crippen LogP contribution in [-0.2, 0) is 0 Å². The van der Waals surface area contributed by atoms with Crippen LogP contribution in [0.2, 0.25) is 0 Å². The Morgan fingerprint density at radius 1 is 1.26 bits per heavy atom. The van der Waals surface area contributed by atoms with Crippen molar-refractivity contribution in [2.75, 3.05) is 6.61 Å². The second-order valence-electron chi connectivity index (χ2n) is 6.81. The first-order valence-electron chi connectivity index (χ1n) is 9.83. The monoisotopic (exact) mass is 421 g/mol. The lowest BCUT2D eigenvalue weighted by molar-refractivity contribution is 0.0950. The molecule has 0 bridgehead atoms. The Balaban J connectivity index is 1.42. The predicted octanol–water partition coefficient (Wildman–Crippen LogP) is 3.38. The molecule has 0 radical (unpaired) electrons. The summed E-state index contributed by atoms with van der Waals surface area (Å²) < 4.78 is 25.0. The average molecular weight is 421 g/mol. The van der Waals surface area contributed by atoms with Crippen LogP contribution in [-0.4, -0.2) is 39.8 Å². The largest absolute Gasteiger partial charge is 0.490 e. The fourth-order valence-electron chi connectivity index (χ4n) is 2.67. The normalized spacial score (nSPS) is 13.2. The van der Waals surface area contributed by atoms with E-state index in [4.69, 9.17) is 9.47 Å². The van der Waals surface area contributed by atoms with E-state index in [-0.39, 0.29) is 17.4 Å². The lowest BCUT2D eigenvalue weighted by Gasteiger charge is -2.06. The number of hydrogen-bond donors (Lipinski definition) is 1. The molecule has 0 saturated heterocycles. The van der Waals surface area contributed by atoms with Gasteiger partial charge in [0.1, 0.15) is 17.3 Å². The highest BCUT2D eigenvalue weighted by molar-refractivity contribution is 5.93. The van der Waals surface area contributed by atoms with Gasteiger partial charge in [0.2, 0.25) is 5.88 Å². The van der Waals surface area contributed by atoms with Crippen LogP contribution in [0.15, 0.2) is 54.0 Å². The highest BCUT2D eigenvalue weighted by Gasteiger charge is 2.23. The van der Waals surface area contributed by atoms with Gasteiger partial charge in [-0.3, -0.25) is 9.78 Å². The van der Waals surface area contributed by atoms with Crippen molar-refractivity contribution in [1.29, 1.82) is 0 Å². The summed E-state index contributed by atoms with van der Waals surface area (Å²) in [6, 6.07) is 7.91. The number of nitrogens with one attached hydrogen (secondary N) is 1. The van der Waals surface area contributed by atoms with E-state index < -0.39 is 11.7 Å². The summed E-state index contributed by atoms with van der Waals surface area (Å²) in [5.41, 5.74) is 3.77. The highest BCUT2D eigenvalue weighted by atomic mass is 19.1. The molecule has 1 N–H and O–H groups in total. The van der Waals surface area contributed by atoms with E-state index in [1.54, 1.807) is 30.5 Å². The van der Waals surface area contributed by atoms with Gasteiger partial charge in [0.25, 0.3) is 5.91 Å². The zero-order chi connectivity index (χ0) is 21.6. The fraction of sp³-hybridized carbons (Fsp3) is 0.227. The molecule has 31 heavy (non-hydrogen) atoms. The molecule has 1 aliphatic carbocycles. The zero-order valence-corrected chi connectivity index (χ0v) is 16.8. The van der Waals surface area contributed by atoms with Gasteiger partial charge in [0.05, 0.1) is 37.0 Å². The number of nitrogens with zero attached hydrogens (tertiary/aromatic N) is 4. The van der Waals surface area contributed by atoms with Crippen LogP contribution in [0.4, 0.5) is 4.39 Å². The van der Waals surface area contributed by atoms with E-state index in [0.717, 1.165) is 12.8 Å². The number of pyridine rings is 1. The van der Waals surface area contributed by atoms with Crippen LogP contribution < -0.4 is 14.9 Å². The summed E-state index contributed by atoms with van der Waals surface area (Å²) in [5.74, 6) is 0.0294. The van der Waals surface area contributed by atoms with Crippen LogP contribution >= 0.6 is 0 Å². The first-order valence-corrected chi connectivity index (χ1v) is 9.83. The van der Waals surface area contributed by atoms with Crippen molar-refractivity contribution in [3.05, 3.63) is 66.0 Å². The van der Waals surface area contributed by atoms with Gasteiger partial charge in [0.15, 0.2) is 0 Å². The van der Waals surface area contributed by atoms with Gasteiger partial charge in [-0.2, -0.15) is 5.10 Å². The Kier molecular flexibility index (Phi) is 6.11. The maximum absolute atomic E-state index is 14.0. The van der Waals surface area contributed by atoms with Gasteiger partial charge in [-0.1, -0.05) is 0 Å². The van der Waals surface area contributed by atoms with Crippen molar-refractivity contribution < 1.29 is 18.7 Å². The lowest BCUT2D eigenvalue weighted by Crippen LogP contribution is -2.19. The number of ether oxygens (including phenoxy) is 2. The molecule has 0 aliphatic heterocycles. The van der Waals surface area contributed by atoms with Crippen molar-refractivity contribution in [2.45, 2.75) is 25.9 Å². The number of halogens is 1. The molecule has 1 aliphatic rings. The Bertz CT molecular complexity index is 1100. The number of aromatic nitrogens is 3. The number of hydrazone groups is 1. The minimum atomic E-state index is -0.574. The number of hydrogen-bond acceptors (Lipinski definition) is 7. The Hall–Kier alpha value is -3.88. The van der Waals surface area contributed by atoms with E-state index in [2.05, 4.69) is 25.5 Å². The molecule has 4 rings (SSSR count). The number of benzene rings is 1. The van der Waals surface area contributed by atoms with Crippen LogP contribution in [0.25, 0.3) is 11.3 Å². The van der Waals surface area contributed by atoms with E-state index in [0.29, 0.717) is 29.5 Å². The van der Waals surface area contributed by atoms with Gasteiger partial charge in [-0.25, -0.2) is 19.8 Å². The van der Waals surface area contributed by atoms with Crippen molar-refractivity contribution in [1.82, 2.24) is 20.4 Å². The maximum atomic E-state index is 14.0. The minimum absolute atomic E-state index is 0.0647. The first-order chi connectivity index (χ1) is 15.1. The van der Waals surface area contributed by atoms with Crippen molar-refractivity contribution >= 4 is 12.1 Å². The third-order valence-corrected chi connectivity index (χ3v) is 4.36. The molecule has 9 heteroatoms. The topological polar surface area (TPSA) is 98.6 Å². The smallest absolute Gasteiger partial charge is 0.291 e. The molecule has 0 atom stereocenters. The zero-order valence-electron chi connectivity index (χ0n) is 16.8. The van der Waals surface area contributed by atoms with E-state index in [1.807, 2.05) is 6.92 Å². The molecule has 1 saturated carbocycles. The summed E-state index contributed by atoms with van der Waals surface area (Å²) in [5, 5.41) is 3.83. The lowest BCUT2D eigenvalue weighted by atomic mass is 10.2. The highest BCUT2D eigenvalue weighted by Crippen LogP contribution is 2.27. The molecule has 0 unspecified atom stereocenters. The molecule has 1 aromatic carbocycles. The minimum Gasteiger partial charge on any atom is -0.490 e. The molecule has 1 amide bonds. The number of carbonyl (C=O) groups is 1. The summed E-state index contributed by atoms with van der Waals surface area (Å²) in [7, 11) is 0. The summed E-state index contributed by atoms with van der Waals surface area (Å²) in [6.07, 6.45) is 7.87. The standard InChI is InChI=1S/C22H20FN5O3/c1-2-30-21-8-3-14(10-25-21)19-12-24-13-20(27-19)22(29)28-26-11-15-9-17(6-7-18(15)23)31-16-4-5-16/h3,6-13,16H,2,4-5H2,1H3,(H,28,29)/b26-11+. The average Bonchev–Trinajstić information content (AvgIpc) is 3.61. The Morgan fingerprint density at radius 3 is 2.87 bits per heavy atom. The Morgan fingerprint density at radius 2 is 2.13 bits per heavy atom. The van der Waals surface area contributed by atoms with Gasteiger partial charge >= 0.3 is 0 Å². The van der Waals surface area contributed by atoms with Crippen LogP contribution in [0.1, 0.15) is 35.8 Å². The molecular formula is C22H20FN5O3. The van der Waals surface area contributed by atoms with E-state index in [9.17, 15) is 9.18 Å². The van der Waals surface area contributed by atoms with Gasteiger partial charge in [-0.05, 0) is 44.0 Å². The maximum Gasteiger partial charge on any atom is 0.291 e. The van der Waals surface area contributed by atoms with E-state index in [1.165, 1.54) is 24.7 Å². The number of carbonyl (C=O) groups excluding carboxylic acids is 1. The molecular weight excluding hydrogens is 401 g/mol. The number of amides is 1. The molecule has 1 fully saturated rings. The predicted molar refractivity (Wildman–Crippen MR) is 112 cm³/mol. The third kappa shape index (κ3) is 5.39. The summed E-state index contributed by atoms with van der Waals surface area (Å²) in [4.78, 5) is 24.9. The molecule has 2 heterocycles. The second-order valence-corrected chi connectivity index (χ2v) is 6.81. The first kappa shape index (κ1) is 20.4. The quantitative estimate of drug-likeness (QED) is 0.442. The molecule has 158 valence electrons. The SMILES string of the molecule is CCOc1ccc(-c2cncc(C(=O)N/N=C/c3cc(OC4CC4)ccc3F)n2)cn1. The van der Waals surface area contributed by atoms with Gasteiger partial charge in [-0.15, -0.1) is 0 Å². The van der Waals surface area contributed by atoms with Crippen LogP contribution in [0.5, 0.6) is 11.6 Å². The summed E-state index contributed by atoms with van der Waals surface area (Å²) >= 11 is 0. The van der Waals surface area contributed by atoms with Gasteiger partial charge in [0, 0.05) is 23.4 Å². The van der Waals surface area contributed by atoms with Crippen molar-refractivity contribution in [3.63, 3.8) is 0 Å². The molecule has 0 spiro atoms. The molecule has 2 aromatic heterocycles. The fourth-order valence-corrected chi connectivity index (χ4v) is 2.67. The van der Waals surface area contributed by atoms with E-state index >= 15 is 0 Å². The molecule has 3 aromatic rings. The van der Waals surface area contributed by atoms with Gasteiger partial charge < -0.3 is 9.47 Å². The van der Waals surface area contributed by atoms with Crippen molar-refractivity contribution in [2.24, 2.45) is 5.10 Å².